The van der Waals surface area contributed by atoms with E-state index in [1.165, 1.54) is 16.3 Å². The topological polar surface area (TPSA) is 76.9 Å². The minimum atomic E-state index is -0.205. The van der Waals surface area contributed by atoms with Gasteiger partial charge in [0.1, 0.15) is 5.82 Å². The predicted octanol–water partition coefficient (Wildman–Crippen LogP) is 6.07. The number of pyridine rings is 1. The van der Waals surface area contributed by atoms with Crippen molar-refractivity contribution >= 4 is 34.3 Å². The molecule has 0 atom stereocenters. The summed E-state index contributed by atoms with van der Waals surface area (Å²) in [6.45, 7) is 10.4. The third kappa shape index (κ3) is 5.30. The van der Waals surface area contributed by atoms with Crippen LogP contribution in [0.5, 0.6) is 0 Å². The smallest absolute Gasteiger partial charge is 0.267 e. The van der Waals surface area contributed by atoms with Crippen molar-refractivity contribution in [1.82, 2.24) is 14.5 Å². The predicted molar refractivity (Wildman–Crippen MR) is 144 cm³/mol. The van der Waals surface area contributed by atoms with Crippen LogP contribution in [0.2, 0.25) is 0 Å². The molecule has 0 bridgehead atoms. The Labute approximate surface area is 209 Å². The molecule has 4 rings (SSSR count). The number of fused-ring (bicyclic) bond motifs is 1. The van der Waals surface area contributed by atoms with Crippen molar-refractivity contribution in [3.63, 3.8) is 0 Å². The van der Waals surface area contributed by atoms with Crippen molar-refractivity contribution in [2.45, 2.75) is 51.6 Å². The number of amides is 1. The minimum Gasteiger partial charge on any atom is -0.325 e. The lowest BCUT2D eigenvalue weighted by molar-refractivity contribution is -0.113. The van der Waals surface area contributed by atoms with E-state index in [4.69, 9.17) is 4.98 Å². The lowest BCUT2D eigenvalue weighted by atomic mass is 9.92. The Morgan fingerprint density at radius 2 is 1.69 bits per heavy atom. The zero-order valence-corrected chi connectivity index (χ0v) is 21.5. The van der Waals surface area contributed by atoms with Crippen molar-refractivity contribution in [2.75, 3.05) is 11.1 Å². The van der Waals surface area contributed by atoms with Crippen LogP contribution in [-0.4, -0.2) is 26.2 Å². The third-order valence-corrected chi connectivity index (χ3v) is 6.78. The molecule has 0 saturated heterocycles. The van der Waals surface area contributed by atoms with Gasteiger partial charge in [-0.15, -0.1) is 0 Å². The first kappa shape index (κ1) is 24.7. The van der Waals surface area contributed by atoms with E-state index in [-0.39, 0.29) is 29.1 Å². The molecule has 1 amide bonds. The average molecular weight is 487 g/mol. The molecule has 0 aliphatic heterocycles. The molecule has 180 valence electrons. The zero-order valence-electron chi connectivity index (χ0n) is 20.7. The Kier molecular flexibility index (Phi) is 7.36. The van der Waals surface area contributed by atoms with Crippen LogP contribution in [0.1, 0.15) is 56.2 Å². The number of rotatable bonds is 7. The van der Waals surface area contributed by atoms with Crippen LogP contribution in [-0.2, 0) is 4.79 Å². The van der Waals surface area contributed by atoms with E-state index in [9.17, 15) is 9.59 Å². The zero-order chi connectivity index (χ0) is 25.1. The summed E-state index contributed by atoms with van der Waals surface area (Å²) in [7, 11) is 0. The highest BCUT2D eigenvalue weighted by Gasteiger charge is 2.19. The van der Waals surface area contributed by atoms with Crippen molar-refractivity contribution < 1.29 is 4.79 Å². The van der Waals surface area contributed by atoms with E-state index < -0.39 is 0 Å². The molecule has 0 unspecified atom stereocenters. The van der Waals surface area contributed by atoms with Crippen molar-refractivity contribution in [2.24, 2.45) is 0 Å². The van der Waals surface area contributed by atoms with Gasteiger partial charge in [0.15, 0.2) is 5.16 Å². The summed E-state index contributed by atoms with van der Waals surface area (Å²) in [4.78, 5) is 35.7. The van der Waals surface area contributed by atoms with E-state index in [0.29, 0.717) is 21.9 Å². The fourth-order valence-electron chi connectivity index (χ4n) is 4.05. The van der Waals surface area contributed by atoms with E-state index in [1.807, 2.05) is 43.3 Å². The summed E-state index contributed by atoms with van der Waals surface area (Å²) in [6.07, 6.45) is 1.67. The van der Waals surface area contributed by atoms with Crippen LogP contribution in [0.25, 0.3) is 16.7 Å². The van der Waals surface area contributed by atoms with Gasteiger partial charge in [0.25, 0.3) is 5.56 Å². The number of carbonyl (C=O) groups excluding carboxylic acids is 1. The van der Waals surface area contributed by atoms with E-state index in [1.54, 1.807) is 12.3 Å². The van der Waals surface area contributed by atoms with Crippen LogP contribution in [0.4, 0.5) is 5.69 Å². The number of para-hydroxylation sites is 2. The second-order valence-corrected chi connectivity index (χ2v) is 10.1. The molecule has 35 heavy (non-hydrogen) atoms. The highest BCUT2D eigenvalue weighted by molar-refractivity contribution is 7.99. The molecule has 7 heteroatoms. The number of hydrogen-bond acceptors (Lipinski definition) is 5. The number of aryl methyl sites for hydroxylation is 1. The standard InChI is InChI=1S/C28H30N4O2S/c1-17(2)20-10-8-11-21(18(3)4)26(20)31-25(33)16-35-28-30-23-12-7-6-9-22(23)27(34)32(28)24-15-19(5)13-14-29-24/h6-15,17-18H,16H2,1-5H3,(H,31,33). The van der Waals surface area contributed by atoms with Crippen molar-refractivity contribution in [1.29, 1.82) is 0 Å². The fraction of sp³-hybridized carbons (Fsp3) is 0.286. The molecule has 6 nitrogen and oxygen atoms in total. The molecule has 2 heterocycles. The monoisotopic (exact) mass is 486 g/mol. The number of benzene rings is 2. The fourth-order valence-corrected chi connectivity index (χ4v) is 4.86. The molecule has 0 fully saturated rings. The number of nitrogens with one attached hydrogen (secondary N) is 1. The van der Waals surface area contributed by atoms with Gasteiger partial charge in [-0.1, -0.05) is 69.8 Å². The summed E-state index contributed by atoms with van der Waals surface area (Å²) < 4.78 is 1.49. The van der Waals surface area contributed by atoms with Crippen LogP contribution < -0.4 is 10.9 Å². The second kappa shape index (κ2) is 10.4. The first-order valence-corrected chi connectivity index (χ1v) is 12.7. The summed E-state index contributed by atoms with van der Waals surface area (Å²) in [5.74, 6) is 1.01. The SMILES string of the molecule is Cc1ccnc(-n2c(SCC(=O)Nc3c(C(C)C)cccc3C(C)C)nc3ccccc3c2=O)c1. The number of nitrogens with zero attached hydrogens (tertiary/aromatic N) is 3. The molecule has 2 aromatic heterocycles. The van der Waals surface area contributed by atoms with Crippen LogP contribution >= 0.6 is 11.8 Å². The minimum absolute atomic E-state index is 0.112. The normalized spacial score (nSPS) is 11.4. The summed E-state index contributed by atoms with van der Waals surface area (Å²) in [5.41, 5.74) is 4.47. The number of hydrogen-bond donors (Lipinski definition) is 1. The lowest BCUT2D eigenvalue weighted by Gasteiger charge is -2.20. The molecular weight excluding hydrogens is 456 g/mol. The van der Waals surface area contributed by atoms with Gasteiger partial charge in [-0.2, -0.15) is 0 Å². The van der Waals surface area contributed by atoms with Crippen molar-refractivity contribution in [3.8, 4) is 5.82 Å². The maximum absolute atomic E-state index is 13.4. The quantitative estimate of drug-likeness (QED) is 0.254. The molecule has 0 saturated carbocycles. The number of thioether (sulfide) groups is 1. The Morgan fingerprint density at radius 3 is 2.34 bits per heavy atom. The van der Waals surface area contributed by atoms with Gasteiger partial charge in [0.2, 0.25) is 5.91 Å². The molecule has 0 aliphatic carbocycles. The van der Waals surface area contributed by atoms with Gasteiger partial charge in [0, 0.05) is 11.9 Å². The maximum atomic E-state index is 13.4. The highest BCUT2D eigenvalue weighted by atomic mass is 32.2. The molecule has 4 aromatic rings. The first-order valence-electron chi connectivity index (χ1n) is 11.8. The average Bonchev–Trinajstić information content (AvgIpc) is 2.82. The summed E-state index contributed by atoms with van der Waals surface area (Å²) in [6, 6.07) is 17.1. The molecular formula is C28H30N4O2S. The molecule has 2 aromatic carbocycles. The summed E-state index contributed by atoms with van der Waals surface area (Å²) >= 11 is 1.23. The molecule has 0 spiro atoms. The van der Waals surface area contributed by atoms with Gasteiger partial charge >= 0.3 is 0 Å². The molecule has 0 radical (unpaired) electrons. The van der Waals surface area contributed by atoms with Gasteiger partial charge in [-0.05, 0) is 59.7 Å². The largest absolute Gasteiger partial charge is 0.325 e. The van der Waals surface area contributed by atoms with Crippen molar-refractivity contribution in [3.05, 3.63) is 87.8 Å². The molecule has 0 aliphatic rings. The number of anilines is 1. The number of aromatic nitrogens is 3. The lowest BCUT2D eigenvalue weighted by Crippen LogP contribution is -2.24. The Morgan fingerprint density at radius 1 is 1.00 bits per heavy atom. The van der Waals surface area contributed by atoms with Gasteiger partial charge in [-0.3, -0.25) is 9.59 Å². The van der Waals surface area contributed by atoms with E-state index in [0.717, 1.165) is 22.4 Å². The Bertz CT molecular complexity index is 1420. The van der Waals surface area contributed by atoms with Crippen LogP contribution in [0, 0.1) is 6.92 Å². The first-order chi connectivity index (χ1) is 16.8. The number of carbonyl (C=O) groups is 1. The highest BCUT2D eigenvalue weighted by Crippen LogP contribution is 2.32. The van der Waals surface area contributed by atoms with Gasteiger partial charge in [-0.25, -0.2) is 14.5 Å². The van der Waals surface area contributed by atoms with E-state index >= 15 is 0 Å². The van der Waals surface area contributed by atoms with Gasteiger partial charge < -0.3 is 5.32 Å². The summed E-state index contributed by atoms with van der Waals surface area (Å²) in [5, 5.41) is 4.09. The second-order valence-electron chi connectivity index (χ2n) is 9.20. The molecule has 1 N–H and O–H groups in total. The van der Waals surface area contributed by atoms with Crippen LogP contribution in [0.3, 0.4) is 0 Å². The Balaban J connectivity index is 1.68. The van der Waals surface area contributed by atoms with E-state index in [2.05, 4.69) is 50.1 Å². The van der Waals surface area contributed by atoms with Crippen LogP contribution in [0.15, 0.2) is 70.7 Å². The maximum Gasteiger partial charge on any atom is 0.267 e. The Hall–Kier alpha value is -3.45. The van der Waals surface area contributed by atoms with Gasteiger partial charge in [0.05, 0.1) is 16.7 Å². The third-order valence-electron chi connectivity index (χ3n) is 5.84.